The lowest BCUT2D eigenvalue weighted by molar-refractivity contribution is -0.138. The minimum atomic E-state index is -4.41. The average molecular weight is 450 g/mol. The van der Waals surface area contributed by atoms with Gasteiger partial charge < -0.3 is 4.74 Å². The van der Waals surface area contributed by atoms with Gasteiger partial charge in [0.15, 0.2) is 5.78 Å². The fraction of sp³-hybridized carbons (Fsp3) is 0.500. The number of Topliss-reactive ketones (excluding diaryl/α,β-unsaturated/α-hetero) is 1. The van der Waals surface area contributed by atoms with E-state index < -0.39 is 17.6 Å². The number of benzene rings is 1. The summed E-state index contributed by atoms with van der Waals surface area (Å²) in [7, 11) is 0. The van der Waals surface area contributed by atoms with E-state index in [1.165, 1.54) is 25.3 Å². The van der Waals surface area contributed by atoms with Gasteiger partial charge >= 0.3 is 6.18 Å². The number of hydrogen-bond acceptors (Lipinski definition) is 4. The summed E-state index contributed by atoms with van der Waals surface area (Å²) in [6.07, 6.45) is 0.541. The number of pyridine rings is 1. The zero-order chi connectivity index (χ0) is 22.9. The van der Waals surface area contributed by atoms with Crippen molar-refractivity contribution in [1.29, 1.82) is 0 Å². The molecule has 1 aromatic heterocycles. The van der Waals surface area contributed by atoms with Crippen LogP contribution in [0.15, 0.2) is 30.5 Å². The molecular formula is C24H26F4N2O2. The van der Waals surface area contributed by atoms with Gasteiger partial charge in [-0.3, -0.25) is 14.7 Å². The summed E-state index contributed by atoms with van der Waals surface area (Å²) in [6, 6.07) is 5.31. The summed E-state index contributed by atoms with van der Waals surface area (Å²) in [5.74, 6) is 0.180. The van der Waals surface area contributed by atoms with Gasteiger partial charge in [0.25, 0.3) is 0 Å². The van der Waals surface area contributed by atoms with Crippen molar-refractivity contribution >= 4 is 5.78 Å². The summed E-state index contributed by atoms with van der Waals surface area (Å²) in [5, 5.41) is 0. The van der Waals surface area contributed by atoms with Crippen LogP contribution in [0.5, 0.6) is 5.75 Å². The summed E-state index contributed by atoms with van der Waals surface area (Å²) in [4.78, 5) is 17.6. The maximum absolute atomic E-state index is 14.3. The molecule has 2 fully saturated rings. The Bertz CT molecular complexity index is 980. The summed E-state index contributed by atoms with van der Waals surface area (Å²) >= 11 is 0. The molecule has 0 N–H and O–H groups in total. The van der Waals surface area contributed by atoms with Crippen LogP contribution in [0.4, 0.5) is 17.6 Å². The second-order valence-corrected chi connectivity index (χ2v) is 8.73. The zero-order valence-corrected chi connectivity index (χ0v) is 17.9. The van der Waals surface area contributed by atoms with Gasteiger partial charge in [0.2, 0.25) is 0 Å². The minimum Gasteiger partial charge on any atom is -0.493 e. The maximum atomic E-state index is 14.3. The lowest BCUT2D eigenvalue weighted by Gasteiger charge is -2.32. The van der Waals surface area contributed by atoms with Gasteiger partial charge in [-0.25, -0.2) is 4.39 Å². The van der Waals surface area contributed by atoms with Gasteiger partial charge in [-0.15, -0.1) is 0 Å². The fourth-order valence-electron chi connectivity index (χ4n) is 4.23. The molecule has 2 aromatic rings. The third-order valence-corrected chi connectivity index (χ3v) is 6.25. The van der Waals surface area contributed by atoms with Crippen molar-refractivity contribution in [2.24, 2.45) is 5.92 Å². The standard InChI is InChI=1S/C24H26F4N2O2/c1-15(31)18-11-19(17-4-5-17)23(12-21(18)25)32-14-16-6-9-30(10-7-16)13-22-20(24(26,27)28)3-2-8-29-22/h2-3,8,11-12,16-17H,4-7,9-10,13-14H2,1H3. The Morgan fingerprint density at radius 2 is 1.91 bits per heavy atom. The van der Waals surface area contributed by atoms with Crippen molar-refractivity contribution in [3.05, 3.63) is 58.7 Å². The Kier molecular flexibility index (Phi) is 6.51. The number of hydrogen-bond donors (Lipinski definition) is 0. The van der Waals surface area contributed by atoms with Gasteiger partial charge in [-0.1, -0.05) is 0 Å². The highest BCUT2D eigenvalue weighted by Gasteiger charge is 2.34. The molecule has 32 heavy (non-hydrogen) atoms. The van der Waals surface area contributed by atoms with Crippen molar-refractivity contribution in [3.8, 4) is 5.75 Å². The van der Waals surface area contributed by atoms with Gasteiger partial charge in [-0.2, -0.15) is 13.2 Å². The molecule has 2 heterocycles. The minimum absolute atomic E-state index is 0.0461. The van der Waals surface area contributed by atoms with Crippen LogP contribution in [0, 0.1) is 11.7 Å². The van der Waals surface area contributed by atoms with Crippen LogP contribution in [0.2, 0.25) is 0 Å². The first kappa shape index (κ1) is 22.7. The first-order valence-corrected chi connectivity index (χ1v) is 10.9. The quantitative estimate of drug-likeness (QED) is 0.406. The number of rotatable bonds is 7. The van der Waals surface area contributed by atoms with E-state index >= 15 is 0 Å². The second-order valence-electron chi connectivity index (χ2n) is 8.73. The molecule has 2 aliphatic rings. The topological polar surface area (TPSA) is 42.4 Å². The van der Waals surface area contributed by atoms with E-state index in [1.54, 1.807) is 6.07 Å². The van der Waals surface area contributed by atoms with Crippen LogP contribution in [-0.2, 0) is 12.7 Å². The number of ketones is 1. The molecule has 1 aliphatic heterocycles. The molecule has 0 spiro atoms. The number of likely N-dealkylation sites (tertiary alicyclic amines) is 1. The highest BCUT2D eigenvalue weighted by molar-refractivity contribution is 5.94. The van der Waals surface area contributed by atoms with Crippen molar-refractivity contribution in [1.82, 2.24) is 9.88 Å². The number of carbonyl (C=O) groups excluding carboxylic acids is 1. The van der Waals surface area contributed by atoms with E-state index in [0.717, 1.165) is 37.3 Å². The molecule has 0 atom stereocenters. The monoisotopic (exact) mass is 450 g/mol. The van der Waals surface area contributed by atoms with Crippen LogP contribution < -0.4 is 4.74 Å². The maximum Gasteiger partial charge on any atom is 0.418 e. The van der Waals surface area contributed by atoms with Gasteiger partial charge in [0, 0.05) is 18.8 Å². The Hall–Kier alpha value is -2.48. The molecule has 1 aliphatic carbocycles. The van der Waals surface area contributed by atoms with E-state index in [4.69, 9.17) is 4.74 Å². The van der Waals surface area contributed by atoms with E-state index in [9.17, 15) is 22.4 Å². The van der Waals surface area contributed by atoms with E-state index in [2.05, 4.69) is 4.98 Å². The third-order valence-electron chi connectivity index (χ3n) is 6.25. The molecule has 1 saturated heterocycles. The van der Waals surface area contributed by atoms with E-state index in [0.29, 0.717) is 31.4 Å². The smallest absolute Gasteiger partial charge is 0.418 e. The normalized spacial score (nSPS) is 18.0. The average Bonchev–Trinajstić information content (AvgIpc) is 3.58. The Morgan fingerprint density at radius 3 is 2.53 bits per heavy atom. The molecule has 1 aromatic carbocycles. The highest BCUT2D eigenvalue weighted by Crippen LogP contribution is 2.45. The number of alkyl halides is 3. The van der Waals surface area contributed by atoms with Gasteiger partial charge in [0.05, 0.1) is 23.4 Å². The third kappa shape index (κ3) is 5.28. The molecular weight excluding hydrogens is 424 g/mol. The fourth-order valence-corrected chi connectivity index (χ4v) is 4.23. The van der Waals surface area contributed by atoms with Crippen LogP contribution in [0.25, 0.3) is 0 Å². The first-order valence-electron chi connectivity index (χ1n) is 10.9. The molecule has 4 nitrogen and oxygen atoms in total. The van der Waals surface area contributed by atoms with Crippen molar-refractivity contribution in [2.75, 3.05) is 19.7 Å². The molecule has 0 unspecified atom stereocenters. The molecule has 1 saturated carbocycles. The van der Waals surface area contributed by atoms with Gasteiger partial charge in [0.1, 0.15) is 11.6 Å². The lowest BCUT2D eigenvalue weighted by Crippen LogP contribution is -2.35. The number of ether oxygens (including phenoxy) is 1. The predicted molar refractivity (Wildman–Crippen MR) is 111 cm³/mol. The van der Waals surface area contributed by atoms with Crippen LogP contribution in [-0.4, -0.2) is 35.4 Å². The Morgan fingerprint density at radius 1 is 1.19 bits per heavy atom. The first-order chi connectivity index (χ1) is 15.2. The zero-order valence-electron chi connectivity index (χ0n) is 17.9. The lowest BCUT2D eigenvalue weighted by atomic mass is 9.97. The Balaban J connectivity index is 1.34. The van der Waals surface area contributed by atoms with Crippen LogP contribution >= 0.6 is 0 Å². The molecule has 0 bridgehead atoms. The summed E-state index contributed by atoms with van der Waals surface area (Å²) in [5.41, 5.74) is 0.350. The van der Waals surface area contributed by atoms with Crippen molar-refractivity contribution in [3.63, 3.8) is 0 Å². The number of piperidine rings is 1. The predicted octanol–water partition coefficient (Wildman–Crippen LogP) is 5.61. The number of halogens is 4. The van der Waals surface area contributed by atoms with Gasteiger partial charge in [-0.05, 0) is 81.3 Å². The number of aromatic nitrogens is 1. The largest absolute Gasteiger partial charge is 0.493 e. The molecule has 8 heteroatoms. The SMILES string of the molecule is CC(=O)c1cc(C2CC2)c(OCC2CCN(Cc3ncccc3C(F)(F)F)CC2)cc1F. The van der Waals surface area contributed by atoms with Crippen LogP contribution in [0.1, 0.15) is 65.7 Å². The molecule has 0 amide bonds. The molecule has 172 valence electrons. The highest BCUT2D eigenvalue weighted by atomic mass is 19.4. The number of nitrogens with zero attached hydrogens (tertiary/aromatic N) is 2. The van der Waals surface area contributed by atoms with Crippen LogP contribution in [0.3, 0.4) is 0 Å². The second kappa shape index (κ2) is 9.17. The summed E-state index contributed by atoms with van der Waals surface area (Å²) < 4.78 is 59.9. The molecule has 0 radical (unpaired) electrons. The summed E-state index contributed by atoms with van der Waals surface area (Å²) in [6.45, 7) is 3.23. The molecule has 4 rings (SSSR count). The van der Waals surface area contributed by atoms with Crippen molar-refractivity contribution in [2.45, 2.75) is 51.2 Å². The number of carbonyl (C=O) groups is 1. The van der Waals surface area contributed by atoms with E-state index in [-0.39, 0.29) is 29.5 Å². The Labute approximate surface area is 184 Å². The van der Waals surface area contributed by atoms with Crippen molar-refractivity contribution < 1.29 is 27.1 Å². The van der Waals surface area contributed by atoms with E-state index in [1.807, 2.05) is 4.90 Å².